The lowest BCUT2D eigenvalue weighted by atomic mass is 10.1. The molecule has 0 saturated carbocycles. The predicted molar refractivity (Wildman–Crippen MR) is 91.4 cm³/mol. The molecule has 0 aliphatic carbocycles. The quantitative estimate of drug-likeness (QED) is 0.353. The van der Waals surface area contributed by atoms with E-state index in [1.807, 2.05) is 0 Å². The number of methoxy groups -OCH3 is 1. The average Bonchev–Trinajstić information content (AvgIpc) is 2.54. The number of hydrogen-bond donors (Lipinski definition) is 1. The predicted octanol–water partition coefficient (Wildman–Crippen LogP) is 1.43. The summed E-state index contributed by atoms with van der Waals surface area (Å²) < 4.78 is 20.9. The molecule has 26 heavy (non-hydrogen) atoms. The van der Waals surface area contributed by atoms with Crippen LogP contribution in [-0.4, -0.2) is 43.9 Å². The lowest BCUT2D eigenvalue weighted by Gasteiger charge is -2.29. The molecular weight excluding hydrogens is 342 g/mol. The summed E-state index contributed by atoms with van der Waals surface area (Å²) in [6.07, 6.45) is 1.36. The van der Waals surface area contributed by atoms with Gasteiger partial charge in [-0.15, -0.1) is 0 Å². The van der Waals surface area contributed by atoms with Crippen molar-refractivity contribution in [2.75, 3.05) is 20.3 Å². The van der Waals surface area contributed by atoms with Crippen LogP contribution in [-0.2, 0) is 23.9 Å². The Balaban J connectivity index is 2.14. The summed E-state index contributed by atoms with van der Waals surface area (Å²) >= 11 is 0. The highest BCUT2D eigenvalue weighted by molar-refractivity contribution is 6.18. The summed E-state index contributed by atoms with van der Waals surface area (Å²) in [5.74, 6) is -2.04. The fourth-order valence-electron chi connectivity index (χ4n) is 2.23. The third kappa shape index (κ3) is 4.98. The van der Waals surface area contributed by atoms with E-state index in [4.69, 9.17) is 18.9 Å². The first-order valence-electron chi connectivity index (χ1n) is 7.95. The minimum atomic E-state index is -1.28. The van der Waals surface area contributed by atoms with E-state index in [9.17, 15) is 14.4 Å². The average molecular weight is 363 g/mol. The van der Waals surface area contributed by atoms with Gasteiger partial charge in [0.1, 0.15) is 12.2 Å². The van der Waals surface area contributed by atoms with Crippen molar-refractivity contribution in [3.63, 3.8) is 0 Å². The van der Waals surface area contributed by atoms with Crippen LogP contribution in [0.1, 0.15) is 26.3 Å². The Morgan fingerprint density at radius 3 is 2.42 bits per heavy atom. The molecule has 0 bridgehead atoms. The minimum Gasteiger partial charge on any atom is -0.493 e. The molecule has 8 heteroatoms. The zero-order valence-electron chi connectivity index (χ0n) is 15.1. The van der Waals surface area contributed by atoms with Crippen LogP contribution in [0, 0.1) is 0 Å². The first-order chi connectivity index (χ1) is 12.2. The van der Waals surface area contributed by atoms with Crippen molar-refractivity contribution in [2.45, 2.75) is 26.6 Å². The monoisotopic (exact) mass is 363 g/mol. The van der Waals surface area contributed by atoms with Crippen LogP contribution in [0.2, 0.25) is 0 Å². The number of benzene rings is 1. The van der Waals surface area contributed by atoms with Crippen LogP contribution >= 0.6 is 0 Å². The maximum atomic E-state index is 12.0. The Bertz CT molecular complexity index is 730. The number of hydrogen-bond acceptors (Lipinski definition) is 7. The van der Waals surface area contributed by atoms with Gasteiger partial charge in [-0.1, -0.05) is 6.07 Å². The van der Waals surface area contributed by atoms with Gasteiger partial charge in [-0.2, -0.15) is 0 Å². The first kappa shape index (κ1) is 19.3. The number of amides is 1. The number of nitrogens with one attached hydrogen (secondary N) is 1. The summed E-state index contributed by atoms with van der Waals surface area (Å²) in [5, 5.41) is 2.62. The van der Waals surface area contributed by atoms with Gasteiger partial charge in [-0.05, 0) is 23.8 Å². The van der Waals surface area contributed by atoms with Crippen molar-refractivity contribution >= 4 is 23.9 Å². The Hall–Kier alpha value is -3.03. The number of carbonyl (C=O) groups is 3. The number of cyclic esters (lactones) is 2. The molecule has 0 atom stereocenters. The molecule has 1 heterocycles. The summed E-state index contributed by atoms with van der Waals surface area (Å²) in [6.45, 7) is 5.01. The topological polar surface area (TPSA) is 100 Å². The molecule has 0 spiro atoms. The van der Waals surface area contributed by atoms with E-state index < -0.39 is 17.7 Å². The molecule has 1 aromatic carbocycles. The van der Waals surface area contributed by atoms with Crippen LogP contribution in [0.4, 0.5) is 0 Å². The first-order valence-corrected chi connectivity index (χ1v) is 7.95. The molecule has 0 unspecified atom stereocenters. The van der Waals surface area contributed by atoms with Gasteiger partial charge in [-0.25, -0.2) is 9.59 Å². The Morgan fingerprint density at radius 1 is 1.19 bits per heavy atom. The van der Waals surface area contributed by atoms with Gasteiger partial charge < -0.3 is 24.3 Å². The van der Waals surface area contributed by atoms with E-state index in [1.165, 1.54) is 34.0 Å². The van der Waals surface area contributed by atoms with Gasteiger partial charge >= 0.3 is 11.9 Å². The van der Waals surface area contributed by atoms with E-state index in [1.54, 1.807) is 18.2 Å². The summed E-state index contributed by atoms with van der Waals surface area (Å²) in [6, 6.07) is 4.91. The van der Waals surface area contributed by atoms with Crippen molar-refractivity contribution in [1.82, 2.24) is 5.32 Å². The van der Waals surface area contributed by atoms with E-state index >= 15 is 0 Å². The fourth-order valence-corrected chi connectivity index (χ4v) is 2.23. The molecule has 1 N–H and O–H groups in total. The van der Waals surface area contributed by atoms with Crippen molar-refractivity contribution in [3.8, 4) is 11.5 Å². The lowest BCUT2D eigenvalue weighted by molar-refractivity contribution is -0.222. The Kier molecular flexibility index (Phi) is 5.86. The molecule has 0 radical (unpaired) electrons. The van der Waals surface area contributed by atoms with Gasteiger partial charge in [0.25, 0.3) is 5.79 Å². The zero-order valence-corrected chi connectivity index (χ0v) is 15.1. The molecule has 1 saturated heterocycles. The fraction of sp³-hybridized carbons (Fsp3) is 0.389. The van der Waals surface area contributed by atoms with E-state index in [-0.39, 0.29) is 18.1 Å². The molecule has 1 amide bonds. The molecule has 1 aromatic rings. The molecule has 1 fully saturated rings. The highest BCUT2D eigenvalue weighted by Crippen LogP contribution is 2.30. The maximum absolute atomic E-state index is 12.0. The molecule has 140 valence electrons. The second kappa shape index (κ2) is 7.90. The third-order valence-electron chi connectivity index (χ3n) is 3.35. The summed E-state index contributed by atoms with van der Waals surface area (Å²) in [7, 11) is 1.47. The summed E-state index contributed by atoms with van der Waals surface area (Å²) in [5.41, 5.74) is 0.338. The summed E-state index contributed by atoms with van der Waals surface area (Å²) in [4.78, 5) is 34.8. The second-order valence-corrected chi connectivity index (χ2v) is 5.98. The van der Waals surface area contributed by atoms with Crippen molar-refractivity contribution in [2.24, 2.45) is 0 Å². The minimum absolute atomic E-state index is 0.142. The Morgan fingerprint density at radius 2 is 1.85 bits per heavy atom. The van der Waals surface area contributed by atoms with Gasteiger partial charge in [0.15, 0.2) is 11.5 Å². The molecule has 2 rings (SSSR count). The van der Waals surface area contributed by atoms with E-state index in [0.717, 1.165) is 0 Å². The molecule has 1 aliphatic heterocycles. The standard InChI is InChI=1S/C18H21NO7/c1-11(20)19-7-8-24-14-6-5-12(10-15(14)23-4)9-13-16(21)25-18(2,3)26-17(13)22/h5-6,9-10H,7-8H2,1-4H3,(H,19,20). The number of ether oxygens (including phenoxy) is 4. The SMILES string of the molecule is COc1cc(C=C2C(=O)OC(C)(C)OC2=O)ccc1OCCNC(C)=O. The highest BCUT2D eigenvalue weighted by atomic mass is 16.7. The van der Waals surface area contributed by atoms with Gasteiger partial charge in [-0.3, -0.25) is 4.79 Å². The van der Waals surface area contributed by atoms with Crippen molar-refractivity contribution in [3.05, 3.63) is 29.3 Å². The van der Waals surface area contributed by atoms with Crippen LogP contribution in [0.15, 0.2) is 23.8 Å². The normalized spacial score (nSPS) is 15.6. The third-order valence-corrected chi connectivity index (χ3v) is 3.35. The van der Waals surface area contributed by atoms with Gasteiger partial charge in [0, 0.05) is 20.8 Å². The number of rotatable bonds is 6. The van der Waals surface area contributed by atoms with Crippen LogP contribution in [0.25, 0.3) is 6.08 Å². The van der Waals surface area contributed by atoms with Crippen LogP contribution in [0.5, 0.6) is 11.5 Å². The van der Waals surface area contributed by atoms with Crippen molar-refractivity contribution in [1.29, 1.82) is 0 Å². The Labute approximate surface area is 151 Å². The number of esters is 2. The molecular formula is C18H21NO7. The molecule has 0 aromatic heterocycles. The van der Waals surface area contributed by atoms with Crippen LogP contribution in [0.3, 0.4) is 0 Å². The number of carbonyl (C=O) groups excluding carboxylic acids is 3. The smallest absolute Gasteiger partial charge is 0.348 e. The zero-order chi connectivity index (χ0) is 19.3. The van der Waals surface area contributed by atoms with Gasteiger partial charge in [0.2, 0.25) is 5.91 Å². The van der Waals surface area contributed by atoms with Crippen molar-refractivity contribution < 1.29 is 33.3 Å². The van der Waals surface area contributed by atoms with Crippen LogP contribution < -0.4 is 14.8 Å². The van der Waals surface area contributed by atoms with E-state index in [2.05, 4.69) is 5.32 Å². The molecule has 1 aliphatic rings. The van der Waals surface area contributed by atoms with Gasteiger partial charge in [0.05, 0.1) is 13.7 Å². The second-order valence-electron chi connectivity index (χ2n) is 5.98. The highest BCUT2D eigenvalue weighted by Gasteiger charge is 2.38. The van der Waals surface area contributed by atoms with E-state index in [0.29, 0.717) is 23.6 Å². The largest absolute Gasteiger partial charge is 0.493 e. The maximum Gasteiger partial charge on any atom is 0.348 e. The molecule has 8 nitrogen and oxygen atoms in total. The lowest BCUT2D eigenvalue weighted by Crippen LogP contribution is -2.41.